The van der Waals surface area contributed by atoms with Gasteiger partial charge in [0.1, 0.15) is 0 Å². The van der Waals surface area contributed by atoms with E-state index in [4.69, 9.17) is 5.11 Å². The van der Waals surface area contributed by atoms with Crippen LogP contribution >= 0.6 is 0 Å². The van der Waals surface area contributed by atoms with Gasteiger partial charge in [-0.25, -0.2) is 0 Å². The maximum absolute atomic E-state index is 9.00. The van der Waals surface area contributed by atoms with Crippen LogP contribution in [-0.2, 0) is 13.2 Å². The fourth-order valence-corrected chi connectivity index (χ4v) is 1.54. The number of hydrogen-bond donors (Lipinski definition) is 1. The number of benzene rings is 1. The lowest BCUT2D eigenvalue weighted by atomic mass is 10.1. The molecule has 2 nitrogen and oxygen atoms in total. The largest absolute Gasteiger partial charge is 0.392 e. The van der Waals surface area contributed by atoms with E-state index in [9.17, 15) is 0 Å². The van der Waals surface area contributed by atoms with Gasteiger partial charge >= 0.3 is 0 Å². The lowest BCUT2D eigenvalue weighted by Crippen LogP contribution is -1.89. The van der Waals surface area contributed by atoms with Crippen molar-refractivity contribution >= 4 is 6.08 Å². The van der Waals surface area contributed by atoms with Crippen LogP contribution < -0.4 is 0 Å². The van der Waals surface area contributed by atoms with Gasteiger partial charge in [-0.2, -0.15) is 0 Å². The van der Waals surface area contributed by atoms with Crippen LogP contribution in [0, 0.1) is 6.20 Å². The lowest BCUT2D eigenvalue weighted by molar-refractivity contribution is 0.282. The van der Waals surface area contributed by atoms with Crippen LogP contribution in [0.25, 0.3) is 6.08 Å². The molecule has 0 spiro atoms. The van der Waals surface area contributed by atoms with Gasteiger partial charge in [-0.1, -0.05) is 30.4 Å². The van der Waals surface area contributed by atoms with Crippen molar-refractivity contribution in [3.63, 3.8) is 0 Å². The van der Waals surface area contributed by atoms with Gasteiger partial charge < -0.3 is 9.67 Å². The minimum Gasteiger partial charge on any atom is -0.392 e. The normalized spacial score (nSPS) is 11.1. The van der Waals surface area contributed by atoms with E-state index in [2.05, 4.69) is 12.3 Å². The lowest BCUT2D eigenvalue weighted by Gasteiger charge is -1.98. The van der Waals surface area contributed by atoms with Crippen molar-refractivity contribution in [2.75, 3.05) is 0 Å². The van der Waals surface area contributed by atoms with E-state index in [0.29, 0.717) is 0 Å². The van der Waals surface area contributed by atoms with E-state index in [1.807, 2.05) is 53.2 Å². The molecule has 0 saturated carbocycles. The molecule has 1 heterocycles. The standard InChI is InChI=1S/C14H14NO/c16-12-14-6-3-5-13(11-14)7-4-10-15-8-1-2-9-15/h1-8,11,16H,10,12H2/b7-4+. The summed E-state index contributed by atoms with van der Waals surface area (Å²) in [6, 6.07) is 11.7. The van der Waals surface area contributed by atoms with E-state index >= 15 is 0 Å². The molecule has 81 valence electrons. The van der Waals surface area contributed by atoms with Gasteiger partial charge in [0.25, 0.3) is 0 Å². The summed E-state index contributed by atoms with van der Waals surface area (Å²) in [6.07, 6.45) is 9.18. The van der Waals surface area contributed by atoms with Crippen LogP contribution in [0.2, 0.25) is 0 Å². The van der Waals surface area contributed by atoms with Crippen molar-refractivity contribution in [3.05, 3.63) is 66.0 Å². The van der Waals surface area contributed by atoms with Crippen LogP contribution in [0.4, 0.5) is 0 Å². The van der Waals surface area contributed by atoms with Crippen molar-refractivity contribution in [3.8, 4) is 0 Å². The highest BCUT2D eigenvalue weighted by molar-refractivity contribution is 5.50. The molecule has 0 aliphatic carbocycles. The van der Waals surface area contributed by atoms with E-state index in [1.54, 1.807) is 0 Å². The number of allylic oxidation sites excluding steroid dienone is 1. The number of aliphatic hydroxyl groups excluding tert-OH is 1. The Kier molecular flexibility index (Phi) is 3.57. The second-order valence-electron chi connectivity index (χ2n) is 3.60. The van der Waals surface area contributed by atoms with Gasteiger partial charge in [-0.05, 0) is 29.3 Å². The predicted octanol–water partition coefficient (Wildman–Crippen LogP) is 2.49. The summed E-state index contributed by atoms with van der Waals surface area (Å²) in [5.41, 5.74) is 2.05. The second-order valence-corrected chi connectivity index (χ2v) is 3.60. The molecule has 0 saturated heterocycles. The summed E-state index contributed by atoms with van der Waals surface area (Å²) in [4.78, 5) is 0. The summed E-state index contributed by atoms with van der Waals surface area (Å²) in [5, 5.41) is 9.00. The smallest absolute Gasteiger partial charge is 0.0682 e. The first-order valence-electron chi connectivity index (χ1n) is 5.27. The molecule has 1 radical (unpaired) electrons. The summed E-state index contributed by atoms with van der Waals surface area (Å²) in [5.74, 6) is 0. The molecule has 0 aliphatic heterocycles. The Bertz CT molecular complexity index is 457. The van der Waals surface area contributed by atoms with E-state index in [1.165, 1.54) is 0 Å². The first kappa shape index (κ1) is 10.7. The van der Waals surface area contributed by atoms with Gasteiger partial charge in [0.2, 0.25) is 0 Å². The molecule has 0 unspecified atom stereocenters. The zero-order chi connectivity index (χ0) is 11.2. The Balaban J connectivity index is 2.00. The fourth-order valence-electron chi connectivity index (χ4n) is 1.54. The molecule has 0 amide bonds. The van der Waals surface area contributed by atoms with Crippen LogP contribution in [-0.4, -0.2) is 9.67 Å². The molecule has 2 aromatic rings. The highest BCUT2D eigenvalue weighted by Crippen LogP contribution is 2.07. The molecule has 1 N–H and O–H groups in total. The molecule has 2 rings (SSSR count). The van der Waals surface area contributed by atoms with Crippen LogP contribution in [0.15, 0.2) is 48.7 Å². The van der Waals surface area contributed by atoms with Crippen LogP contribution in [0.5, 0.6) is 0 Å². The number of nitrogens with zero attached hydrogens (tertiary/aromatic N) is 1. The Morgan fingerprint density at radius 3 is 3.00 bits per heavy atom. The highest BCUT2D eigenvalue weighted by Gasteiger charge is 1.91. The van der Waals surface area contributed by atoms with Crippen molar-refractivity contribution in [1.82, 2.24) is 4.57 Å². The highest BCUT2D eigenvalue weighted by atomic mass is 16.3. The average Bonchev–Trinajstić information content (AvgIpc) is 2.82. The van der Waals surface area contributed by atoms with E-state index < -0.39 is 0 Å². The van der Waals surface area contributed by atoms with Gasteiger partial charge in [-0.15, -0.1) is 0 Å². The second kappa shape index (κ2) is 5.33. The number of rotatable bonds is 4. The van der Waals surface area contributed by atoms with E-state index in [0.717, 1.165) is 17.7 Å². The maximum atomic E-state index is 9.00. The Morgan fingerprint density at radius 1 is 1.31 bits per heavy atom. The molecule has 1 aromatic heterocycles. The van der Waals surface area contributed by atoms with Gasteiger partial charge in [0.05, 0.1) is 12.8 Å². The number of aliphatic hydroxyl groups is 1. The fraction of sp³-hybridized carbons (Fsp3) is 0.143. The van der Waals surface area contributed by atoms with Crippen LogP contribution in [0.3, 0.4) is 0 Å². The summed E-state index contributed by atoms with van der Waals surface area (Å²) in [6.45, 7) is 0.906. The first-order valence-corrected chi connectivity index (χ1v) is 5.27. The molecule has 0 bridgehead atoms. The van der Waals surface area contributed by atoms with E-state index in [-0.39, 0.29) is 6.61 Å². The third-order valence-electron chi connectivity index (χ3n) is 2.35. The minimum atomic E-state index is 0.0903. The molecule has 16 heavy (non-hydrogen) atoms. The molecular weight excluding hydrogens is 198 g/mol. The monoisotopic (exact) mass is 212 g/mol. The average molecular weight is 212 g/mol. The summed E-state index contributed by atoms with van der Waals surface area (Å²) < 4.78 is 1.98. The third-order valence-corrected chi connectivity index (χ3v) is 2.35. The molecular formula is C14H14NO. The van der Waals surface area contributed by atoms with Gasteiger partial charge in [0.15, 0.2) is 0 Å². The van der Waals surface area contributed by atoms with Gasteiger partial charge in [0, 0.05) is 12.7 Å². The summed E-state index contributed by atoms with van der Waals surface area (Å²) >= 11 is 0. The Morgan fingerprint density at radius 2 is 2.25 bits per heavy atom. The summed E-state index contributed by atoms with van der Waals surface area (Å²) in [7, 11) is 0. The zero-order valence-electron chi connectivity index (χ0n) is 9.00. The minimum absolute atomic E-state index is 0.0903. The Hall–Kier alpha value is -1.80. The maximum Gasteiger partial charge on any atom is 0.0682 e. The van der Waals surface area contributed by atoms with Crippen molar-refractivity contribution in [2.24, 2.45) is 0 Å². The number of aromatic nitrogens is 1. The molecule has 1 aromatic carbocycles. The predicted molar refractivity (Wildman–Crippen MR) is 64.7 cm³/mol. The SMILES string of the molecule is OCc1cccc(/C=C/Cn2[c]ccc2)c1. The van der Waals surface area contributed by atoms with Gasteiger partial charge in [-0.3, -0.25) is 0 Å². The number of hydrogen-bond acceptors (Lipinski definition) is 1. The molecule has 0 atom stereocenters. The zero-order valence-corrected chi connectivity index (χ0v) is 9.00. The van der Waals surface area contributed by atoms with Crippen molar-refractivity contribution in [2.45, 2.75) is 13.2 Å². The molecule has 0 aliphatic rings. The van der Waals surface area contributed by atoms with Crippen molar-refractivity contribution in [1.29, 1.82) is 0 Å². The molecule has 2 heteroatoms. The quantitative estimate of drug-likeness (QED) is 0.827. The van der Waals surface area contributed by atoms with Crippen LogP contribution in [0.1, 0.15) is 11.1 Å². The first-order chi connectivity index (χ1) is 7.88. The topological polar surface area (TPSA) is 25.2 Å². The molecule has 0 fully saturated rings. The van der Waals surface area contributed by atoms with Crippen molar-refractivity contribution < 1.29 is 5.11 Å². The Labute approximate surface area is 95.5 Å². The third kappa shape index (κ3) is 2.84.